The molecule has 0 aliphatic heterocycles. The van der Waals surface area contributed by atoms with Crippen LogP contribution in [0.1, 0.15) is 0 Å². The monoisotopic (exact) mass is 668 g/mol. The Labute approximate surface area is 297 Å². The molecular weight excluding hydrogens is 641 g/mol. The van der Waals surface area contributed by atoms with Crippen molar-refractivity contribution in [2.45, 2.75) is 0 Å². The van der Waals surface area contributed by atoms with Crippen LogP contribution in [0.3, 0.4) is 0 Å². The predicted octanol–water partition coefficient (Wildman–Crippen LogP) is 13.6. The van der Waals surface area contributed by atoms with Crippen LogP contribution in [-0.2, 0) is 0 Å². The Morgan fingerprint density at radius 3 is 1.87 bits per heavy atom. The van der Waals surface area contributed by atoms with Gasteiger partial charge in [-0.15, -0.1) is 0 Å². The molecular formula is C47H28N2O3. The lowest BCUT2D eigenvalue weighted by molar-refractivity contribution is 0.620. The third-order valence-corrected chi connectivity index (χ3v) is 10.1. The van der Waals surface area contributed by atoms with Crippen LogP contribution in [0.2, 0.25) is 0 Å². The molecule has 5 nitrogen and oxygen atoms in total. The highest BCUT2D eigenvalue weighted by molar-refractivity contribution is 6.13. The van der Waals surface area contributed by atoms with Crippen LogP contribution in [0.15, 0.2) is 183 Å². The van der Waals surface area contributed by atoms with Gasteiger partial charge in [-0.2, -0.15) is 0 Å². The molecule has 0 bridgehead atoms. The number of hydrogen-bond donors (Lipinski definition) is 0. The molecule has 0 N–H and O–H groups in total. The molecule has 5 heteroatoms. The normalized spacial score (nSPS) is 11.8. The molecule has 0 amide bonds. The maximum atomic E-state index is 6.59. The molecule has 0 aliphatic rings. The summed E-state index contributed by atoms with van der Waals surface area (Å²) < 4.78 is 19.3. The zero-order valence-corrected chi connectivity index (χ0v) is 27.8. The Morgan fingerprint density at radius 1 is 0.385 bits per heavy atom. The largest absolute Gasteiger partial charge is 0.456 e. The molecule has 8 aromatic carbocycles. The molecule has 0 atom stereocenters. The number of nitrogens with zero attached hydrogens (tertiary/aromatic N) is 2. The van der Waals surface area contributed by atoms with E-state index >= 15 is 0 Å². The lowest BCUT2D eigenvalue weighted by Gasteiger charge is -2.25. The summed E-state index contributed by atoms with van der Waals surface area (Å²) in [6.45, 7) is 0. The quantitative estimate of drug-likeness (QED) is 0.183. The van der Waals surface area contributed by atoms with Gasteiger partial charge in [0.15, 0.2) is 5.58 Å². The van der Waals surface area contributed by atoms with E-state index in [2.05, 4.69) is 120 Å². The van der Waals surface area contributed by atoms with E-state index in [1.54, 1.807) is 0 Å². The molecule has 0 saturated heterocycles. The topological polar surface area (TPSA) is 55.6 Å². The average molecular weight is 669 g/mol. The lowest BCUT2D eigenvalue weighted by Crippen LogP contribution is -2.09. The van der Waals surface area contributed by atoms with Gasteiger partial charge in [0.05, 0.1) is 0 Å². The maximum Gasteiger partial charge on any atom is 0.228 e. The Hall–Kier alpha value is -7.11. The summed E-state index contributed by atoms with van der Waals surface area (Å²) in [5.74, 6) is 0.572. The van der Waals surface area contributed by atoms with Crippen LogP contribution in [0.4, 0.5) is 17.1 Å². The Balaban J connectivity index is 1.07. The van der Waals surface area contributed by atoms with Gasteiger partial charge in [0.2, 0.25) is 5.89 Å². The summed E-state index contributed by atoms with van der Waals surface area (Å²) in [5.41, 5.74) is 11.1. The Bertz CT molecular complexity index is 3130. The molecule has 0 aliphatic carbocycles. The van der Waals surface area contributed by atoms with Crippen molar-refractivity contribution >= 4 is 82.8 Å². The van der Waals surface area contributed by atoms with E-state index in [4.69, 9.17) is 18.2 Å². The second kappa shape index (κ2) is 11.2. The number of benzene rings is 8. The van der Waals surface area contributed by atoms with Gasteiger partial charge in [-0.25, -0.2) is 4.98 Å². The van der Waals surface area contributed by atoms with Gasteiger partial charge in [0.25, 0.3) is 0 Å². The summed E-state index contributed by atoms with van der Waals surface area (Å²) in [4.78, 5) is 7.27. The van der Waals surface area contributed by atoms with Crippen LogP contribution >= 0.6 is 0 Å². The molecule has 11 aromatic rings. The zero-order valence-electron chi connectivity index (χ0n) is 27.8. The Kier molecular flexibility index (Phi) is 6.18. The summed E-state index contributed by atoms with van der Waals surface area (Å²) in [5, 5.41) is 6.37. The zero-order chi connectivity index (χ0) is 34.2. The maximum absolute atomic E-state index is 6.59. The fraction of sp³-hybridized carbons (Fsp3) is 0. The van der Waals surface area contributed by atoms with Crippen LogP contribution in [0.5, 0.6) is 0 Å². The highest BCUT2D eigenvalue weighted by Gasteiger charge is 2.21. The van der Waals surface area contributed by atoms with Crippen LogP contribution in [0, 0.1) is 0 Å². The van der Waals surface area contributed by atoms with Crippen molar-refractivity contribution in [3.63, 3.8) is 0 Å². The summed E-state index contributed by atoms with van der Waals surface area (Å²) in [6, 6.07) is 58.6. The number of anilines is 3. The minimum Gasteiger partial charge on any atom is -0.456 e. The van der Waals surface area contributed by atoms with Crippen molar-refractivity contribution in [3.05, 3.63) is 170 Å². The van der Waals surface area contributed by atoms with Gasteiger partial charge in [-0.3, -0.25) is 0 Å². The number of fused-ring (bicyclic) bond motifs is 9. The fourth-order valence-electron chi connectivity index (χ4n) is 7.64. The molecule has 0 spiro atoms. The highest BCUT2D eigenvalue weighted by Crippen LogP contribution is 2.43. The molecule has 3 aromatic heterocycles. The van der Waals surface area contributed by atoms with E-state index in [-0.39, 0.29) is 0 Å². The molecule has 244 valence electrons. The van der Waals surface area contributed by atoms with Gasteiger partial charge < -0.3 is 18.2 Å². The number of para-hydroxylation sites is 1. The van der Waals surface area contributed by atoms with Crippen LogP contribution in [-0.4, -0.2) is 4.98 Å². The number of rotatable bonds is 5. The first kappa shape index (κ1) is 28.7. The van der Waals surface area contributed by atoms with E-state index in [0.717, 1.165) is 93.9 Å². The van der Waals surface area contributed by atoms with E-state index in [1.807, 2.05) is 54.6 Å². The first-order valence-electron chi connectivity index (χ1n) is 17.4. The average Bonchev–Trinajstić information content (AvgIpc) is 3.92. The standard InChI is InChI=1S/C47H28N2O3/c1-2-9-29(10-3-1)30-17-20-32(21-18-30)49(33-22-24-37-36-13-6-7-15-40(36)50-43(37)27-33)34-23-25-38-44(28-34)51-41-16-8-14-39(45(38)41)47-48-46-35-12-5-4-11-31(35)19-26-42(46)52-47/h1-28H. The number of hydrogen-bond acceptors (Lipinski definition) is 5. The van der Waals surface area contributed by atoms with Gasteiger partial charge in [0, 0.05) is 61.7 Å². The Morgan fingerprint density at radius 2 is 1.02 bits per heavy atom. The first-order valence-corrected chi connectivity index (χ1v) is 17.4. The van der Waals surface area contributed by atoms with Gasteiger partial charge >= 0.3 is 0 Å². The third kappa shape index (κ3) is 4.46. The van der Waals surface area contributed by atoms with Crippen LogP contribution < -0.4 is 4.90 Å². The molecule has 3 heterocycles. The SMILES string of the molecule is c1ccc(-c2ccc(N(c3ccc4c(c3)oc3ccccc34)c3ccc4c(c3)oc3cccc(-c5nc6c(ccc7ccccc76)o5)c34)cc2)cc1. The van der Waals surface area contributed by atoms with E-state index in [0.29, 0.717) is 5.89 Å². The van der Waals surface area contributed by atoms with E-state index in [1.165, 1.54) is 5.56 Å². The molecule has 0 unspecified atom stereocenters. The minimum absolute atomic E-state index is 0.572. The first-order chi connectivity index (χ1) is 25.7. The molecule has 11 rings (SSSR count). The molecule has 0 fully saturated rings. The van der Waals surface area contributed by atoms with Crippen LogP contribution in [0.25, 0.3) is 88.3 Å². The van der Waals surface area contributed by atoms with Crippen molar-refractivity contribution in [2.24, 2.45) is 0 Å². The minimum atomic E-state index is 0.572. The highest BCUT2D eigenvalue weighted by atomic mass is 16.4. The molecule has 52 heavy (non-hydrogen) atoms. The van der Waals surface area contributed by atoms with Crippen molar-refractivity contribution in [1.29, 1.82) is 0 Å². The molecule has 0 radical (unpaired) electrons. The van der Waals surface area contributed by atoms with Crippen molar-refractivity contribution in [3.8, 4) is 22.6 Å². The number of aromatic nitrogens is 1. The van der Waals surface area contributed by atoms with Gasteiger partial charge in [-0.05, 0) is 77.2 Å². The van der Waals surface area contributed by atoms with Gasteiger partial charge in [0.1, 0.15) is 27.8 Å². The number of furan rings is 2. The summed E-state index contributed by atoms with van der Waals surface area (Å²) in [7, 11) is 0. The second-order valence-electron chi connectivity index (χ2n) is 13.1. The lowest BCUT2D eigenvalue weighted by atomic mass is 10.0. The third-order valence-electron chi connectivity index (χ3n) is 10.1. The summed E-state index contributed by atoms with van der Waals surface area (Å²) >= 11 is 0. The fourth-order valence-corrected chi connectivity index (χ4v) is 7.64. The number of oxazole rings is 1. The van der Waals surface area contributed by atoms with E-state index < -0.39 is 0 Å². The smallest absolute Gasteiger partial charge is 0.228 e. The second-order valence-corrected chi connectivity index (χ2v) is 13.1. The van der Waals surface area contributed by atoms with Crippen molar-refractivity contribution in [2.75, 3.05) is 4.90 Å². The predicted molar refractivity (Wildman–Crippen MR) is 212 cm³/mol. The van der Waals surface area contributed by atoms with Crippen molar-refractivity contribution < 1.29 is 13.3 Å². The summed E-state index contributed by atoms with van der Waals surface area (Å²) in [6.07, 6.45) is 0. The van der Waals surface area contributed by atoms with E-state index in [9.17, 15) is 0 Å². The molecule has 0 saturated carbocycles. The van der Waals surface area contributed by atoms with Crippen molar-refractivity contribution in [1.82, 2.24) is 4.98 Å². The van der Waals surface area contributed by atoms with Gasteiger partial charge in [-0.1, -0.05) is 97.1 Å².